The van der Waals surface area contributed by atoms with Crippen molar-refractivity contribution in [1.29, 1.82) is 0 Å². The Morgan fingerprint density at radius 2 is 1.62 bits per heavy atom. The average Bonchev–Trinajstić information content (AvgIpc) is 2.72. The second-order valence-electron chi connectivity index (χ2n) is 7.33. The second-order valence-corrected chi connectivity index (χ2v) is 7.33. The number of carbonyl (C=O) groups excluding carboxylic acids is 2. The van der Waals surface area contributed by atoms with Crippen molar-refractivity contribution < 1.29 is 55.4 Å². The largest absolute Gasteiger partial charge is 0.437 e. The first kappa shape index (κ1) is 30.6. The average molecular weight is 469 g/mol. The summed E-state index contributed by atoms with van der Waals surface area (Å²) >= 11 is 0. The maximum atomic E-state index is 12.0. The number of nitrogens with zero attached hydrogens (tertiary/aromatic N) is 1. The van der Waals surface area contributed by atoms with Crippen LogP contribution in [-0.2, 0) is 14.5 Å². The molecule has 0 aromatic carbocycles. The molecule has 0 rings (SSSR count). The van der Waals surface area contributed by atoms with Crippen LogP contribution in [0.25, 0.3) is 0 Å². The van der Waals surface area contributed by atoms with E-state index in [1.54, 1.807) is 0 Å². The van der Waals surface area contributed by atoms with Gasteiger partial charge in [0.25, 0.3) is 5.91 Å². The normalized spacial score (nSPS) is 16.2. The van der Waals surface area contributed by atoms with Crippen LogP contribution in [-0.4, -0.2) is 135 Å². The lowest BCUT2D eigenvalue weighted by Gasteiger charge is -2.25. The van der Waals surface area contributed by atoms with Crippen LogP contribution in [0, 0.1) is 0 Å². The van der Waals surface area contributed by atoms with Crippen molar-refractivity contribution >= 4 is 18.9 Å². The van der Waals surface area contributed by atoms with Gasteiger partial charge in [-0.15, -0.1) is 0 Å². The van der Waals surface area contributed by atoms with Gasteiger partial charge in [0.05, 0.1) is 31.3 Å². The molecule has 0 aromatic rings. The van der Waals surface area contributed by atoms with Crippen LogP contribution in [0.15, 0.2) is 0 Å². The first-order chi connectivity index (χ1) is 15.1. The van der Waals surface area contributed by atoms with E-state index in [-0.39, 0.29) is 45.4 Å². The van der Waals surface area contributed by atoms with Crippen LogP contribution < -0.4 is 10.6 Å². The zero-order chi connectivity index (χ0) is 24.7. The summed E-state index contributed by atoms with van der Waals surface area (Å²) in [6, 6.07) is 0. The molecule has 0 radical (unpaired) electrons. The lowest BCUT2D eigenvalue weighted by molar-refractivity contribution is -0.312. The highest BCUT2D eigenvalue weighted by molar-refractivity contribution is 6.45. The number of aliphatic hydroxyl groups excluding tert-OH is 6. The van der Waals surface area contributed by atoms with Crippen molar-refractivity contribution in [2.75, 3.05) is 39.4 Å². The SMILES string of the molecule is CB(O)N(CCNC(=O)C[C@@H](O)C[C@H](O)CO)CCNC(=O)[C@H](O)[C@@H](OO)[C@H](O)CCO. The van der Waals surface area contributed by atoms with Gasteiger partial charge in [0.1, 0.15) is 0 Å². The molecule has 10 N–H and O–H groups in total. The number of hydrogen-bond acceptors (Lipinski definition) is 12. The Labute approximate surface area is 186 Å². The van der Waals surface area contributed by atoms with Gasteiger partial charge in [0.2, 0.25) is 5.91 Å². The zero-order valence-corrected chi connectivity index (χ0v) is 18.1. The van der Waals surface area contributed by atoms with Gasteiger partial charge in [-0.05, 0) is 13.2 Å². The van der Waals surface area contributed by atoms with Crippen molar-refractivity contribution in [3.63, 3.8) is 0 Å². The standard InChI is InChI=1S/C17H36BN3O11/c1-18(30)21(5-3-19-14(27)9-11(24)8-12(25)10-23)6-4-20-17(29)15(28)16(32-31)13(26)2-7-22/h11-13,15-16,22-26,28,30-31H,2-10H2,1H3,(H,19,27)(H,20,29)/t11-,12-,13+,15+,16-/m0/s1. The van der Waals surface area contributed by atoms with Gasteiger partial charge in [-0.2, -0.15) is 0 Å². The summed E-state index contributed by atoms with van der Waals surface area (Å²) in [5.74, 6) is -1.43. The van der Waals surface area contributed by atoms with Gasteiger partial charge in [0.15, 0.2) is 12.2 Å². The Bertz CT molecular complexity index is 532. The van der Waals surface area contributed by atoms with Gasteiger partial charge in [-0.1, -0.05) is 0 Å². The first-order valence-corrected chi connectivity index (χ1v) is 10.3. The van der Waals surface area contributed by atoms with E-state index in [0.717, 1.165) is 0 Å². The van der Waals surface area contributed by atoms with Gasteiger partial charge in [-0.3, -0.25) is 14.8 Å². The number of nitrogens with one attached hydrogen (secondary N) is 2. The maximum Gasteiger partial charge on any atom is 0.376 e. The monoisotopic (exact) mass is 469 g/mol. The van der Waals surface area contributed by atoms with E-state index in [1.165, 1.54) is 11.6 Å². The van der Waals surface area contributed by atoms with E-state index in [2.05, 4.69) is 15.5 Å². The third-order valence-electron chi connectivity index (χ3n) is 4.63. The summed E-state index contributed by atoms with van der Waals surface area (Å²) in [6.07, 6.45) is -7.91. The second kappa shape index (κ2) is 17.1. The molecule has 14 nitrogen and oxygen atoms in total. The highest BCUT2D eigenvalue weighted by Crippen LogP contribution is 2.08. The summed E-state index contributed by atoms with van der Waals surface area (Å²) in [5.41, 5.74) is 0. The third kappa shape index (κ3) is 12.6. The fourth-order valence-electron chi connectivity index (χ4n) is 2.79. The summed E-state index contributed by atoms with van der Waals surface area (Å²) in [7, 11) is -0.932. The van der Waals surface area contributed by atoms with Crippen molar-refractivity contribution in [3.05, 3.63) is 0 Å². The number of amides is 2. The van der Waals surface area contributed by atoms with Gasteiger partial charge in [-0.25, -0.2) is 4.89 Å². The van der Waals surface area contributed by atoms with Gasteiger partial charge in [0, 0.05) is 39.2 Å². The number of rotatable bonds is 18. The van der Waals surface area contributed by atoms with E-state index in [1.807, 2.05) is 0 Å². The Morgan fingerprint density at radius 1 is 1.03 bits per heavy atom. The minimum atomic E-state index is -1.91. The fourth-order valence-corrected chi connectivity index (χ4v) is 2.79. The molecule has 5 atom stereocenters. The molecule has 15 heteroatoms. The van der Waals surface area contributed by atoms with Crippen LogP contribution in [0.5, 0.6) is 0 Å². The molecule has 2 amide bonds. The van der Waals surface area contributed by atoms with Crippen LogP contribution in [0.3, 0.4) is 0 Å². The Hall–Kier alpha value is -1.40. The van der Waals surface area contributed by atoms with Crippen LogP contribution in [0.1, 0.15) is 19.3 Å². The molecule has 0 saturated carbocycles. The van der Waals surface area contributed by atoms with Crippen molar-refractivity contribution in [1.82, 2.24) is 15.4 Å². The zero-order valence-electron chi connectivity index (χ0n) is 18.1. The summed E-state index contributed by atoms with van der Waals surface area (Å²) in [4.78, 5) is 29.2. The van der Waals surface area contributed by atoms with Crippen LogP contribution in [0.2, 0.25) is 6.82 Å². The Morgan fingerprint density at radius 3 is 2.12 bits per heavy atom. The van der Waals surface area contributed by atoms with Crippen molar-refractivity contribution in [2.45, 2.75) is 56.6 Å². The molecule has 32 heavy (non-hydrogen) atoms. The molecule has 188 valence electrons. The molecule has 0 aliphatic rings. The third-order valence-corrected chi connectivity index (χ3v) is 4.63. The number of hydrogen-bond donors (Lipinski definition) is 10. The molecule has 0 aromatic heterocycles. The van der Waals surface area contributed by atoms with E-state index in [0.29, 0.717) is 0 Å². The quantitative estimate of drug-likeness (QED) is 0.0517. The lowest BCUT2D eigenvalue weighted by Crippen LogP contribution is -2.51. The summed E-state index contributed by atoms with van der Waals surface area (Å²) in [6.45, 7) is 0.908. The molecular formula is C17H36BN3O11. The van der Waals surface area contributed by atoms with E-state index in [4.69, 9.17) is 15.5 Å². The molecular weight excluding hydrogens is 433 g/mol. The summed E-state index contributed by atoms with van der Waals surface area (Å²) < 4.78 is 0. The molecule has 0 bridgehead atoms. The minimum absolute atomic E-state index is 0.0270. The Balaban J connectivity index is 4.39. The predicted molar refractivity (Wildman–Crippen MR) is 111 cm³/mol. The van der Waals surface area contributed by atoms with E-state index in [9.17, 15) is 35.0 Å². The first-order valence-electron chi connectivity index (χ1n) is 10.3. The highest BCUT2D eigenvalue weighted by Gasteiger charge is 2.33. The molecule has 0 aliphatic carbocycles. The molecule has 0 fully saturated rings. The lowest BCUT2D eigenvalue weighted by atomic mass is 9.85. The van der Waals surface area contributed by atoms with Gasteiger partial charge >= 0.3 is 7.05 Å². The molecule has 0 unspecified atom stereocenters. The fraction of sp³-hybridized carbons (Fsp3) is 0.882. The smallest absolute Gasteiger partial charge is 0.376 e. The molecule has 0 heterocycles. The topological polar surface area (TPSA) is 233 Å². The van der Waals surface area contributed by atoms with Gasteiger partial charge < -0.3 is 51.1 Å². The molecule has 0 spiro atoms. The van der Waals surface area contributed by atoms with E-state index < -0.39 is 62.6 Å². The van der Waals surface area contributed by atoms with Crippen molar-refractivity contribution in [2.24, 2.45) is 0 Å². The predicted octanol–water partition coefficient (Wildman–Crippen LogP) is -4.91. The Kier molecular flexibility index (Phi) is 16.4. The molecule has 0 saturated heterocycles. The number of aliphatic hydroxyl groups is 6. The van der Waals surface area contributed by atoms with E-state index >= 15 is 0 Å². The molecule has 0 aliphatic heterocycles. The van der Waals surface area contributed by atoms with Crippen molar-refractivity contribution in [3.8, 4) is 0 Å². The van der Waals surface area contributed by atoms with Crippen LogP contribution in [0.4, 0.5) is 0 Å². The minimum Gasteiger partial charge on any atom is -0.437 e. The van der Waals surface area contributed by atoms with Crippen LogP contribution >= 0.6 is 0 Å². The number of carbonyl (C=O) groups is 2. The summed E-state index contributed by atoms with van der Waals surface area (Å²) in [5, 5.41) is 79.5. The highest BCUT2D eigenvalue weighted by atomic mass is 17.1. The maximum absolute atomic E-state index is 12.0.